The monoisotopic (exact) mass is 510 g/mol. The molecule has 0 bridgehead atoms. The summed E-state index contributed by atoms with van der Waals surface area (Å²) in [5.74, 6) is 1.28. The molecular formula is C25H30N6O4S. The molecule has 0 amide bonds. The van der Waals surface area contributed by atoms with Crippen molar-refractivity contribution >= 4 is 45.0 Å². The average molecular weight is 511 g/mol. The lowest BCUT2D eigenvalue weighted by Crippen LogP contribution is -2.20. The Morgan fingerprint density at radius 2 is 1.78 bits per heavy atom. The topological polar surface area (TPSA) is 121 Å². The predicted molar refractivity (Wildman–Crippen MR) is 141 cm³/mol. The first-order chi connectivity index (χ1) is 17.2. The Morgan fingerprint density at radius 3 is 2.36 bits per heavy atom. The third-order valence-corrected chi connectivity index (χ3v) is 7.29. The molecule has 1 atom stereocenters. The number of benzene rings is 2. The maximum atomic E-state index is 12.0. The molecule has 1 fully saturated rings. The molecule has 0 aliphatic heterocycles. The van der Waals surface area contributed by atoms with Gasteiger partial charge in [-0.05, 0) is 37.0 Å². The van der Waals surface area contributed by atoms with Crippen LogP contribution in [0.2, 0.25) is 0 Å². The van der Waals surface area contributed by atoms with Gasteiger partial charge in [0.15, 0.2) is 0 Å². The SMILES string of the molecule is COc1cc(OC)cc(N(CC2CC2)c2ccc3ncc(C(C=N)C=NS(=O)(=O)N(C)C)nc3c2)c1. The number of ether oxygens (including phenoxy) is 2. The number of hydrogen-bond donors (Lipinski definition) is 1. The highest BCUT2D eigenvalue weighted by Gasteiger charge is 2.26. The number of nitrogens with one attached hydrogen (secondary N) is 1. The molecule has 1 N–H and O–H groups in total. The van der Waals surface area contributed by atoms with Crippen molar-refractivity contribution in [2.75, 3.05) is 39.8 Å². The molecule has 11 heteroatoms. The average Bonchev–Trinajstić information content (AvgIpc) is 3.71. The van der Waals surface area contributed by atoms with E-state index >= 15 is 0 Å². The van der Waals surface area contributed by atoms with Gasteiger partial charge in [-0.25, -0.2) is 4.98 Å². The third kappa shape index (κ3) is 5.80. The lowest BCUT2D eigenvalue weighted by Gasteiger charge is -2.26. The summed E-state index contributed by atoms with van der Waals surface area (Å²) in [5, 5.41) is 7.78. The number of fused-ring (bicyclic) bond motifs is 1. The van der Waals surface area contributed by atoms with Crippen LogP contribution in [-0.2, 0) is 10.2 Å². The summed E-state index contributed by atoms with van der Waals surface area (Å²) in [4.78, 5) is 11.4. The molecule has 1 aromatic heterocycles. The molecule has 4 rings (SSSR count). The number of aromatic nitrogens is 2. The van der Waals surface area contributed by atoms with Crippen LogP contribution < -0.4 is 14.4 Å². The van der Waals surface area contributed by atoms with Gasteiger partial charge < -0.3 is 19.8 Å². The largest absolute Gasteiger partial charge is 0.497 e. The van der Waals surface area contributed by atoms with Gasteiger partial charge in [0.1, 0.15) is 11.5 Å². The van der Waals surface area contributed by atoms with E-state index in [0.717, 1.165) is 28.4 Å². The van der Waals surface area contributed by atoms with Gasteiger partial charge in [-0.15, -0.1) is 0 Å². The lowest BCUT2D eigenvalue weighted by atomic mass is 10.1. The summed E-state index contributed by atoms with van der Waals surface area (Å²) in [7, 11) is 2.26. The third-order valence-electron chi connectivity index (χ3n) is 5.98. The van der Waals surface area contributed by atoms with Crippen LogP contribution in [-0.4, -0.2) is 70.0 Å². The Bertz CT molecular complexity index is 1370. The fraction of sp³-hybridized carbons (Fsp3) is 0.360. The maximum Gasteiger partial charge on any atom is 0.321 e. The molecule has 190 valence electrons. The van der Waals surface area contributed by atoms with E-state index in [0.29, 0.717) is 34.1 Å². The molecule has 2 aromatic carbocycles. The molecule has 0 radical (unpaired) electrons. The number of nitrogens with zero attached hydrogens (tertiary/aromatic N) is 5. The summed E-state index contributed by atoms with van der Waals surface area (Å²) in [6.07, 6.45) is 6.21. The van der Waals surface area contributed by atoms with Crippen molar-refractivity contribution in [3.8, 4) is 11.5 Å². The predicted octanol–water partition coefficient (Wildman–Crippen LogP) is 3.81. The van der Waals surface area contributed by atoms with Gasteiger partial charge in [0, 0.05) is 62.6 Å². The molecule has 0 spiro atoms. The van der Waals surface area contributed by atoms with E-state index in [9.17, 15) is 8.42 Å². The van der Waals surface area contributed by atoms with Crippen molar-refractivity contribution in [3.05, 3.63) is 48.3 Å². The molecule has 36 heavy (non-hydrogen) atoms. The zero-order valence-electron chi connectivity index (χ0n) is 20.7. The van der Waals surface area contributed by atoms with Crippen LogP contribution in [0.5, 0.6) is 11.5 Å². The summed E-state index contributed by atoms with van der Waals surface area (Å²) in [5.41, 5.74) is 3.64. The van der Waals surface area contributed by atoms with Crippen molar-refractivity contribution in [1.82, 2.24) is 14.3 Å². The zero-order valence-corrected chi connectivity index (χ0v) is 21.6. The molecule has 10 nitrogen and oxygen atoms in total. The Hall–Kier alpha value is -3.57. The minimum Gasteiger partial charge on any atom is -0.497 e. The van der Waals surface area contributed by atoms with Gasteiger partial charge in [0.2, 0.25) is 0 Å². The first-order valence-corrected chi connectivity index (χ1v) is 12.9. The smallest absolute Gasteiger partial charge is 0.321 e. The molecule has 1 aliphatic carbocycles. The Morgan fingerprint density at radius 1 is 1.08 bits per heavy atom. The van der Waals surface area contributed by atoms with Crippen LogP contribution in [0.1, 0.15) is 24.5 Å². The van der Waals surface area contributed by atoms with E-state index in [1.807, 2.05) is 36.4 Å². The van der Waals surface area contributed by atoms with Crippen LogP contribution in [0.15, 0.2) is 47.0 Å². The van der Waals surface area contributed by atoms with Gasteiger partial charge in [-0.1, -0.05) is 0 Å². The molecule has 0 saturated heterocycles. The quantitative estimate of drug-likeness (QED) is 0.389. The maximum absolute atomic E-state index is 12.0. The van der Waals surface area contributed by atoms with Gasteiger partial charge in [-0.2, -0.15) is 17.1 Å². The Labute approximate surface area is 211 Å². The Balaban J connectivity index is 1.73. The highest BCUT2D eigenvalue weighted by Crippen LogP contribution is 2.38. The zero-order chi connectivity index (χ0) is 25.9. The second kappa shape index (κ2) is 10.6. The second-order valence-corrected chi connectivity index (χ2v) is 10.6. The van der Waals surface area contributed by atoms with Gasteiger partial charge in [0.05, 0.1) is 43.1 Å². The van der Waals surface area contributed by atoms with E-state index in [1.54, 1.807) is 20.4 Å². The van der Waals surface area contributed by atoms with Crippen LogP contribution in [0.25, 0.3) is 11.0 Å². The van der Waals surface area contributed by atoms with Gasteiger partial charge >= 0.3 is 10.2 Å². The molecule has 1 heterocycles. The van der Waals surface area contributed by atoms with Crippen molar-refractivity contribution in [2.45, 2.75) is 18.8 Å². The van der Waals surface area contributed by atoms with E-state index in [2.05, 4.69) is 14.3 Å². The Kier molecular flexibility index (Phi) is 7.51. The first kappa shape index (κ1) is 25.5. The van der Waals surface area contributed by atoms with Crippen LogP contribution in [0.3, 0.4) is 0 Å². The fourth-order valence-corrected chi connectivity index (χ4v) is 4.12. The summed E-state index contributed by atoms with van der Waals surface area (Å²) >= 11 is 0. The molecular weight excluding hydrogens is 480 g/mol. The number of methoxy groups -OCH3 is 2. The highest BCUT2D eigenvalue weighted by molar-refractivity contribution is 7.87. The van der Waals surface area contributed by atoms with Gasteiger partial charge in [0.25, 0.3) is 0 Å². The minimum absolute atomic E-state index is 0.434. The molecule has 3 aromatic rings. The van der Waals surface area contributed by atoms with E-state index in [4.69, 9.17) is 19.9 Å². The van der Waals surface area contributed by atoms with Crippen LogP contribution >= 0.6 is 0 Å². The van der Waals surface area contributed by atoms with Crippen molar-refractivity contribution in [2.24, 2.45) is 10.3 Å². The highest BCUT2D eigenvalue weighted by atomic mass is 32.2. The van der Waals surface area contributed by atoms with E-state index in [1.165, 1.54) is 33.2 Å². The lowest BCUT2D eigenvalue weighted by molar-refractivity contribution is 0.394. The second-order valence-electron chi connectivity index (χ2n) is 8.80. The van der Waals surface area contributed by atoms with E-state index in [-0.39, 0.29) is 0 Å². The summed E-state index contributed by atoms with van der Waals surface area (Å²) in [6, 6.07) is 11.7. The number of rotatable bonds is 11. The minimum atomic E-state index is -3.80. The van der Waals surface area contributed by atoms with Crippen molar-refractivity contribution in [3.63, 3.8) is 0 Å². The van der Waals surface area contributed by atoms with E-state index < -0.39 is 16.1 Å². The van der Waals surface area contributed by atoms with Crippen molar-refractivity contribution < 1.29 is 17.9 Å². The normalized spacial score (nSPS) is 14.8. The summed E-state index contributed by atoms with van der Waals surface area (Å²) in [6.45, 7) is 0.840. The van der Waals surface area contributed by atoms with Crippen LogP contribution in [0.4, 0.5) is 11.4 Å². The number of hydrogen-bond acceptors (Lipinski definition) is 8. The van der Waals surface area contributed by atoms with Crippen molar-refractivity contribution in [1.29, 1.82) is 5.41 Å². The summed E-state index contributed by atoms with van der Waals surface area (Å²) < 4.78 is 39.7. The standard InChI is InChI=1S/C25H30N6O4S/c1-30(2)36(32,33)28-14-18(13-26)25-15-27-23-8-7-19(11-24(23)29-25)31(16-17-5-6-17)20-9-21(34-3)12-22(10-20)35-4/h7-15,17-18,26H,5-6,16H2,1-4H3. The van der Waals surface area contributed by atoms with Crippen LogP contribution in [0, 0.1) is 11.3 Å². The molecule has 1 saturated carbocycles. The fourth-order valence-electron chi connectivity index (χ4n) is 3.65. The number of anilines is 2. The first-order valence-electron chi connectivity index (χ1n) is 11.5. The van der Waals surface area contributed by atoms with Gasteiger partial charge in [-0.3, -0.25) is 4.98 Å². The molecule has 1 unspecified atom stereocenters. The molecule has 1 aliphatic rings.